The van der Waals surface area contributed by atoms with Gasteiger partial charge in [-0.15, -0.1) is 13.2 Å². The second-order valence-electron chi connectivity index (χ2n) is 11.3. The molecule has 1 aliphatic rings. The van der Waals surface area contributed by atoms with Crippen LogP contribution in [0.3, 0.4) is 0 Å². The number of nitrogens with zero attached hydrogens (tertiary/aromatic N) is 4. The number of alkyl halides is 3. The molecule has 0 bridgehead atoms. The van der Waals surface area contributed by atoms with Gasteiger partial charge in [0.2, 0.25) is 5.90 Å². The Kier molecular flexibility index (Phi) is 11.5. The molecular formula is C36H34F3N5O6. The van der Waals surface area contributed by atoms with Crippen molar-refractivity contribution in [3.63, 3.8) is 0 Å². The summed E-state index contributed by atoms with van der Waals surface area (Å²) in [5, 5.41) is 15.7. The Hall–Kier alpha value is -5.72. The van der Waals surface area contributed by atoms with E-state index in [2.05, 4.69) is 20.1 Å². The summed E-state index contributed by atoms with van der Waals surface area (Å²) >= 11 is 0. The van der Waals surface area contributed by atoms with Crippen molar-refractivity contribution in [3.05, 3.63) is 135 Å². The van der Waals surface area contributed by atoms with Gasteiger partial charge in [-0.2, -0.15) is 0 Å². The van der Waals surface area contributed by atoms with Crippen molar-refractivity contribution in [2.45, 2.75) is 43.9 Å². The van der Waals surface area contributed by atoms with Crippen molar-refractivity contribution in [2.75, 3.05) is 20.3 Å². The molecule has 0 aromatic heterocycles. The van der Waals surface area contributed by atoms with Crippen LogP contribution >= 0.6 is 0 Å². The van der Waals surface area contributed by atoms with Gasteiger partial charge in [-0.05, 0) is 76.3 Å². The molecule has 50 heavy (non-hydrogen) atoms. The fourth-order valence-electron chi connectivity index (χ4n) is 5.51. The predicted molar refractivity (Wildman–Crippen MR) is 178 cm³/mol. The number of aliphatic hydroxyl groups is 1. The minimum atomic E-state index is -4.84. The molecule has 1 aliphatic heterocycles. The highest BCUT2D eigenvalue weighted by Gasteiger charge is 2.53. The van der Waals surface area contributed by atoms with Crippen molar-refractivity contribution in [2.24, 2.45) is 10.1 Å². The lowest BCUT2D eigenvalue weighted by molar-refractivity contribution is -0.274. The van der Waals surface area contributed by atoms with E-state index in [4.69, 9.17) is 29.8 Å². The molecule has 0 fully saturated rings. The Bertz CT molecular complexity index is 1850. The van der Waals surface area contributed by atoms with Gasteiger partial charge >= 0.3 is 6.36 Å². The number of carbonyl (C=O) groups is 1. The number of rotatable bonds is 15. The van der Waals surface area contributed by atoms with Gasteiger partial charge in [-0.25, -0.2) is 4.99 Å². The van der Waals surface area contributed by atoms with Gasteiger partial charge in [-0.3, -0.25) is 4.79 Å². The summed E-state index contributed by atoms with van der Waals surface area (Å²) in [5.41, 5.74) is 10.5. The van der Waals surface area contributed by atoms with E-state index in [9.17, 15) is 18.0 Å². The zero-order chi connectivity index (χ0) is 35.6. The first-order chi connectivity index (χ1) is 24.1. The molecule has 14 heteroatoms. The molecule has 5 rings (SSSR count). The summed E-state index contributed by atoms with van der Waals surface area (Å²) in [6.07, 6.45) is -5.30. The third kappa shape index (κ3) is 8.84. The topological polar surface area (TPSA) is 147 Å². The van der Waals surface area contributed by atoms with E-state index in [1.165, 1.54) is 31.4 Å². The van der Waals surface area contributed by atoms with Gasteiger partial charge in [-0.1, -0.05) is 53.6 Å². The number of aliphatic hydroxyl groups excluding tert-OH is 1. The number of nitrogens with one attached hydrogen (secondary N) is 1. The Morgan fingerprint density at radius 2 is 1.72 bits per heavy atom. The molecule has 11 nitrogen and oxygen atoms in total. The minimum Gasteiger partial charge on any atom is -0.497 e. The average Bonchev–Trinajstić information content (AvgIpc) is 3.51. The number of halogens is 3. The van der Waals surface area contributed by atoms with Crippen molar-refractivity contribution in [1.82, 2.24) is 5.32 Å². The van der Waals surface area contributed by atoms with E-state index in [1.54, 1.807) is 60.7 Å². The highest BCUT2D eigenvalue weighted by Crippen LogP contribution is 2.44. The normalized spacial score (nSPS) is 16.8. The summed E-state index contributed by atoms with van der Waals surface area (Å²) < 4.78 is 59.8. The van der Waals surface area contributed by atoms with Crippen LogP contribution in [-0.4, -0.2) is 49.1 Å². The van der Waals surface area contributed by atoms with E-state index in [0.29, 0.717) is 52.3 Å². The summed E-state index contributed by atoms with van der Waals surface area (Å²) in [4.78, 5) is 22.5. The van der Waals surface area contributed by atoms with Crippen LogP contribution in [0.2, 0.25) is 0 Å². The van der Waals surface area contributed by atoms with Crippen LogP contribution in [0.15, 0.2) is 107 Å². The van der Waals surface area contributed by atoms with E-state index in [0.717, 1.165) is 0 Å². The van der Waals surface area contributed by atoms with Gasteiger partial charge in [0.25, 0.3) is 5.91 Å². The summed E-state index contributed by atoms with van der Waals surface area (Å²) in [6.45, 7) is 0.336. The SMILES string of the molecule is COc1cccc([C@H]2OC(c3ccc(OCCCO)cc3)=N[C@@]2(Cc2ccccc2CN=[N+]=[N-])C(=O)NCc2ccc(OC(F)(F)F)cc2)c1. The van der Waals surface area contributed by atoms with E-state index in [-0.39, 0.29) is 37.8 Å². The Balaban J connectivity index is 1.56. The summed E-state index contributed by atoms with van der Waals surface area (Å²) in [7, 11) is 1.53. The van der Waals surface area contributed by atoms with E-state index in [1.807, 2.05) is 12.1 Å². The largest absolute Gasteiger partial charge is 0.573 e. The third-order valence-corrected chi connectivity index (χ3v) is 7.92. The van der Waals surface area contributed by atoms with Crippen molar-refractivity contribution >= 4 is 11.8 Å². The molecule has 1 amide bonds. The fourth-order valence-corrected chi connectivity index (χ4v) is 5.51. The number of amides is 1. The van der Waals surface area contributed by atoms with Crippen LogP contribution in [-0.2, 0) is 29.0 Å². The average molecular weight is 690 g/mol. The molecule has 260 valence electrons. The molecule has 0 aliphatic carbocycles. The maximum Gasteiger partial charge on any atom is 0.573 e. The molecule has 4 aromatic carbocycles. The number of methoxy groups -OCH3 is 1. The Morgan fingerprint density at radius 1 is 1.00 bits per heavy atom. The van der Waals surface area contributed by atoms with Crippen LogP contribution in [0.25, 0.3) is 10.4 Å². The quantitative estimate of drug-likeness (QED) is 0.0596. The Labute approximate surface area is 285 Å². The highest BCUT2D eigenvalue weighted by molar-refractivity contribution is 6.01. The third-order valence-electron chi connectivity index (χ3n) is 7.92. The van der Waals surface area contributed by atoms with E-state index < -0.39 is 23.9 Å². The van der Waals surface area contributed by atoms with Gasteiger partial charge in [0, 0.05) is 36.5 Å². The molecular weight excluding hydrogens is 655 g/mol. The monoisotopic (exact) mass is 689 g/mol. The maximum absolute atomic E-state index is 14.6. The zero-order valence-electron chi connectivity index (χ0n) is 27.0. The molecule has 0 saturated heterocycles. The molecule has 0 unspecified atom stereocenters. The minimum absolute atomic E-state index is 0.00229. The van der Waals surface area contributed by atoms with Crippen molar-refractivity contribution in [3.8, 4) is 17.2 Å². The molecule has 2 atom stereocenters. The Morgan fingerprint density at radius 3 is 2.40 bits per heavy atom. The molecule has 4 aromatic rings. The molecule has 2 N–H and O–H groups in total. The molecule has 0 radical (unpaired) electrons. The first-order valence-electron chi connectivity index (χ1n) is 15.6. The van der Waals surface area contributed by atoms with Crippen molar-refractivity contribution in [1.29, 1.82) is 0 Å². The van der Waals surface area contributed by atoms with Gasteiger partial charge in [0.05, 0.1) is 20.3 Å². The number of carbonyl (C=O) groups excluding carboxylic acids is 1. The van der Waals surface area contributed by atoms with Gasteiger partial charge in [0.15, 0.2) is 11.6 Å². The van der Waals surface area contributed by atoms with Gasteiger partial charge < -0.3 is 29.4 Å². The number of azide groups is 1. The number of benzene rings is 4. The number of hydrogen-bond donors (Lipinski definition) is 2. The van der Waals surface area contributed by atoms with Crippen molar-refractivity contribution < 1.29 is 42.0 Å². The standard InChI is InChI=1S/C36H34F3N5O6/c1-47-31-9-4-8-26(20-31)32-35(21-27-6-2-3-7-28(27)23-42-44-40,34(46)41-22-24-10-14-30(15-11-24)50-36(37,38)39)43-33(49-32)25-12-16-29(17-13-25)48-19-5-18-45/h2-4,6-17,20,32,45H,5,18-19,21-23H2,1H3,(H,41,46)/t32-,35-/m1/s1. The smallest absolute Gasteiger partial charge is 0.497 e. The molecule has 0 saturated carbocycles. The second kappa shape index (κ2) is 16.1. The summed E-state index contributed by atoms with van der Waals surface area (Å²) in [6, 6.07) is 26.5. The maximum atomic E-state index is 14.6. The van der Waals surface area contributed by atoms with Crippen LogP contribution in [0.5, 0.6) is 17.2 Å². The second-order valence-corrected chi connectivity index (χ2v) is 11.3. The van der Waals surface area contributed by atoms with Crippen LogP contribution in [0.4, 0.5) is 13.2 Å². The number of aliphatic imine (C=N–C) groups is 1. The zero-order valence-corrected chi connectivity index (χ0v) is 27.0. The lowest BCUT2D eigenvalue weighted by Crippen LogP contribution is -2.49. The predicted octanol–water partition coefficient (Wildman–Crippen LogP) is 6.98. The fraction of sp³-hybridized carbons (Fsp3) is 0.278. The number of hydrogen-bond acceptors (Lipinski definition) is 8. The molecule has 0 spiro atoms. The lowest BCUT2D eigenvalue weighted by Gasteiger charge is -2.31. The van der Waals surface area contributed by atoms with Crippen LogP contribution in [0.1, 0.15) is 40.3 Å². The number of ether oxygens (including phenoxy) is 4. The van der Waals surface area contributed by atoms with E-state index >= 15 is 0 Å². The first-order valence-corrected chi connectivity index (χ1v) is 15.6. The van der Waals surface area contributed by atoms with Crippen LogP contribution < -0.4 is 19.5 Å². The lowest BCUT2D eigenvalue weighted by atomic mass is 9.80. The van der Waals surface area contributed by atoms with Gasteiger partial charge in [0.1, 0.15) is 17.2 Å². The van der Waals surface area contributed by atoms with Crippen LogP contribution in [0, 0.1) is 0 Å². The molecule has 1 heterocycles. The summed E-state index contributed by atoms with van der Waals surface area (Å²) in [5.74, 6) is 0.396. The highest BCUT2D eigenvalue weighted by atomic mass is 19.4. The first kappa shape index (κ1) is 35.6.